The molecule has 6 nitrogen and oxygen atoms in total. The molecule has 33 heavy (non-hydrogen) atoms. The predicted octanol–water partition coefficient (Wildman–Crippen LogP) is 4.19. The molecule has 0 spiro atoms. The fraction of sp³-hybridized carbons (Fsp3) is 0.280. The second-order valence-electron chi connectivity index (χ2n) is 8.14. The molecule has 1 fully saturated rings. The highest BCUT2D eigenvalue weighted by Crippen LogP contribution is 2.27. The van der Waals surface area contributed by atoms with Crippen LogP contribution >= 0.6 is 0 Å². The van der Waals surface area contributed by atoms with Crippen molar-refractivity contribution in [2.75, 3.05) is 24.7 Å². The molecular weight excluding hydrogens is 426 g/mol. The Balaban J connectivity index is 1.61. The molecule has 0 unspecified atom stereocenters. The Labute approximate surface area is 191 Å². The van der Waals surface area contributed by atoms with Gasteiger partial charge in [-0.25, -0.2) is 18.8 Å². The maximum atomic E-state index is 13.8. The number of aliphatic hydroxyl groups is 1. The molecule has 1 N–H and O–H groups in total. The van der Waals surface area contributed by atoms with Crippen molar-refractivity contribution in [3.8, 4) is 5.69 Å². The number of nitrogens with zero attached hydrogens (tertiary/aromatic N) is 4. The molecule has 0 atom stereocenters. The fourth-order valence-corrected chi connectivity index (χ4v) is 4.14. The second kappa shape index (κ2) is 9.54. The number of anilines is 1. The van der Waals surface area contributed by atoms with E-state index in [0.717, 1.165) is 40.7 Å². The van der Waals surface area contributed by atoms with Crippen LogP contribution in [0.1, 0.15) is 29.7 Å². The maximum Gasteiger partial charge on any atom is 0.268 e. The minimum absolute atomic E-state index is 0.0417. The number of amides is 1. The summed E-state index contributed by atoms with van der Waals surface area (Å²) in [7, 11) is 0. The zero-order valence-electron chi connectivity index (χ0n) is 18.6. The largest absolute Gasteiger partial charge is 0.394 e. The Kier molecular flexibility index (Phi) is 6.55. The van der Waals surface area contributed by atoms with Crippen LogP contribution in [0.25, 0.3) is 11.8 Å². The molecule has 8 heteroatoms. The van der Waals surface area contributed by atoms with Gasteiger partial charge in [-0.15, -0.1) is 0 Å². The molecule has 1 saturated heterocycles. The van der Waals surface area contributed by atoms with Crippen molar-refractivity contribution in [3.63, 3.8) is 0 Å². The van der Waals surface area contributed by atoms with Gasteiger partial charge in [0.15, 0.2) is 0 Å². The van der Waals surface area contributed by atoms with Crippen LogP contribution in [0.2, 0.25) is 0 Å². The van der Waals surface area contributed by atoms with Crippen molar-refractivity contribution in [1.82, 2.24) is 14.6 Å². The Morgan fingerprint density at radius 3 is 2.55 bits per heavy atom. The number of hydrogen-bond acceptors (Lipinski definition) is 4. The number of aliphatic hydroxyl groups excluding tert-OH is 1. The first kappa shape index (κ1) is 22.7. The first-order valence-corrected chi connectivity index (χ1v) is 10.8. The van der Waals surface area contributed by atoms with E-state index in [0.29, 0.717) is 25.0 Å². The Morgan fingerprint density at radius 1 is 1.15 bits per heavy atom. The van der Waals surface area contributed by atoms with Crippen molar-refractivity contribution in [1.29, 1.82) is 0 Å². The number of imidazole rings is 1. The molecule has 1 amide bonds. The summed E-state index contributed by atoms with van der Waals surface area (Å²) in [6.45, 7) is 4.11. The van der Waals surface area contributed by atoms with Crippen molar-refractivity contribution >= 4 is 17.7 Å². The van der Waals surface area contributed by atoms with Crippen LogP contribution in [0, 0.1) is 25.5 Å². The summed E-state index contributed by atoms with van der Waals surface area (Å²) in [6.07, 6.45) is 6.87. The number of aryl methyl sites for hydroxylation is 2. The summed E-state index contributed by atoms with van der Waals surface area (Å²) in [4.78, 5) is 17.6. The number of carbonyl (C=O) groups excluding carboxylic acids is 1. The van der Waals surface area contributed by atoms with Crippen molar-refractivity contribution in [3.05, 3.63) is 83.0 Å². The summed E-state index contributed by atoms with van der Waals surface area (Å²) >= 11 is 0. The highest BCUT2D eigenvalue weighted by Gasteiger charge is 2.29. The van der Waals surface area contributed by atoms with E-state index in [-0.39, 0.29) is 24.7 Å². The van der Waals surface area contributed by atoms with Crippen LogP contribution in [0.4, 0.5) is 14.5 Å². The second-order valence-corrected chi connectivity index (χ2v) is 8.14. The molecule has 2 aromatic carbocycles. The van der Waals surface area contributed by atoms with Crippen molar-refractivity contribution in [2.24, 2.45) is 0 Å². The van der Waals surface area contributed by atoms with Gasteiger partial charge in [0.05, 0.1) is 30.9 Å². The van der Waals surface area contributed by atoms with Crippen molar-refractivity contribution < 1.29 is 18.7 Å². The lowest BCUT2D eigenvalue weighted by Crippen LogP contribution is -2.51. The van der Waals surface area contributed by atoms with Gasteiger partial charge in [-0.05, 0) is 68.2 Å². The van der Waals surface area contributed by atoms with Crippen LogP contribution in [-0.4, -0.2) is 45.3 Å². The van der Waals surface area contributed by atoms with Gasteiger partial charge in [-0.3, -0.25) is 9.80 Å². The third-order valence-corrected chi connectivity index (χ3v) is 5.63. The van der Waals surface area contributed by atoms with Crippen LogP contribution < -0.4 is 5.01 Å². The average Bonchev–Trinajstić information content (AvgIpc) is 3.19. The molecule has 2 heterocycles. The molecule has 1 aliphatic heterocycles. The molecule has 0 saturated carbocycles. The SMILES string of the molecule is Cc1cn(-c2ccc(/C=C3\CCCN(N(CCO)c4cc(F)cc(F)c4)C3=O)cc2C)cn1. The zero-order chi connectivity index (χ0) is 23.5. The third-order valence-electron chi connectivity index (χ3n) is 5.63. The summed E-state index contributed by atoms with van der Waals surface area (Å²) in [5.41, 5.74) is 4.66. The van der Waals surface area contributed by atoms with Crippen LogP contribution in [0.3, 0.4) is 0 Å². The quantitative estimate of drug-likeness (QED) is 0.570. The normalized spacial score (nSPS) is 15.4. The van der Waals surface area contributed by atoms with Crippen LogP contribution in [-0.2, 0) is 4.79 Å². The average molecular weight is 453 g/mol. The highest BCUT2D eigenvalue weighted by molar-refractivity contribution is 5.99. The van der Waals surface area contributed by atoms with Crippen LogP contribution in [0.5, 0.6) is 0 Å². The first-order valence-electron chi connectivity index (χ1n) is 10.8. The lowest BCUT2D eigenvalue weighted by molar-refractivity contribution is -0.129. The number of rotatable bonds is 6. The monoisotopic (exact) mass is 452 g/mol. The predicted molar refractivity (Wildman–Crippen MR) is 123 cm³/mol. The van der Waals surface area contributed by atoms with Gasteiger partial charge in [0, 0.05) is 30.1 Å². The van der Waals surface area contributed by atoms with Gasteiger partial charge in [-0.2, -0.15) is 0 Å². The lowest BCUT2D eigenvalue weighted by Gasteiger charge is -2.39. The van der Waals surface area contributed by atoms with E-state index in [1.807, 2.05) is 48.9 Å². The number of hydrogen-bond donors (Lipinski definition) is 1. The number of halogens is 2. The summed E-state index contributed by atoms with van der Waals surface area (Å²) in [5.74, 6) is -1.72. The maximum absolute atomic E-state index is 13.8. The van der Waals surface area contributed by atoms with E-state index in [1.54, 1.807) is 6.33 Å². The Hall–Kier alpha value is -3.52. The molecule has 3 aromatic rings. The van der Waals surface area contributed by atoms with Gasteiger partial charge in [-0.1, -0.05) is 6.07 Å². The third kappa shape index (κ3) is 4.96. The molecule has 0 bridgehead atoms. The number of carbonyl (C=O) groups is 1. The molecule has 172 valence electrons. The first-order chi connectivity index (χ1) is 15.9. The number of aromatic nitrogens is 2. The van der Waals surface area contributed by atoms with Gasteiger partial charge < -0.3 is 9.67 Å². The van der Waals surface area contributed by atoms with Crippen molar-refractivity contribution in [2.45, 2.75) is 26.7 Å². The summed E-state index contributed by atoms with van der Waals surface area (Å²) in [5, 5.41) is 12.4. The van der Waals surface area contributed by atoms with E-state index in [2.05, 4.69) is 4.98 Å². The summed E-state index contributed by atoms with van der Waals surface area (Å²) < 4.78 is 29.6. The lowest BCUT2D eigenvalue weighted by atomic mass is 10.0. The van der Waals surface area contributed by atoms with E-state index in [1.165, 1.54) is 10.0 Å². The Morgan fingerprint density at radius 2 is 1.91 bits per heavy atom. The summed E-state index contributed by atoms with van der Waals surface area (Å²) in [6, 6.07) is 9.04. The molecule has 0 radical (unpaired) electrons. The van der Waals surface area contributed by atoms with Crippen LogP contribution in [0.15, 0.2) is 54.5 Å². The minimum atomic E-state index is -0.739. The van der Waals surface area contributed by atoms with E-state index in [9.17, 15) is 18.7 Å². The zero-order valence-corrected chi connectivity index (χ0v) is 18.6. The molecule has 1 aliphatic rings. The number of piperidine rings is 1. The number of benzene rings is 2. The Bertz CT molecular complexity index is 1180. The van der Waals surface area contributed by atoms with Gasteiger partial charge >= 0.3 is 0 Å². The fourth-order valence-electron chi connectivity index (χ4n) is 4.14. The topological polar surface area (TPSA) is 61.6 Å². The van der Waals surface area contributed by atoms with E-state index >= 15 is 0 Å². The van der Waals surface area contributed by atoms with Gasteiger partial charge in [0.2, 0.25) is 0 Å². The van der Waals surface area contributed by atoms with E-state index < -0.39 is 11.6 Å². The minimum Gasteiger partial charge on any atom is -0.394 e. The highest BCUT2D eigenvalue weighted by atomic mass is 19.1. The molecule has 1 aromatic heterocycles. The molecule has 0 aliphatic carbocycles. The van der Waals surface area contributed by atoms with E-state index in [4.69, 9.17) is 0 Å². The molecular formula is C25H26F2N4O2. The standard InChI is InChI=1S/C25H26F2N4O2/c1-17-10-19(5-6-24(17)29-15-18(2)28-16-29)11-20-4-3-7-31(25(20)33)30(8-9-32)23-13-21(26)12-22(27)14-23/h5-6,10-16,32H,3-4,7-9H2,1-2H3/b20-11+. The number of hydrazine groups is 1. The smallest absolute Gasteiger partial charge is 0.268 e. The molecule has 4 rings (SSSR count). The van der Waals surface area contributed by atoms with Gasteiger partial charge in [0.1, 0.15) is 11.6 Å². The van der Waals surface area contributed by atoms with Gasteiger partial charge in [0.25, 0.3) is 5.91 Å².